The van der Waals surface area contributed by atoms with Crippen molar-refractivity contribution in [1.29, 1.82) is 0 Å². The zero-order valence-corrected chi connectivity index (χ0v) is 12.3. The Balaban J connectivity index is 1.95. The van der Waals surface area contributed by atoms with E-state index in [1.165, 1.54) is 18.3 Å². The molecule has 4 nitrogen and oxygen atoms in total. The number of rotatable bonds is 4. The molecule has 2 amide bonds. The lowest BCUT2D eigenvalue weighted by atomic mass is 10.2. The third-order valence-electron chi connectivity index (χ3n) is 2.47. The minimum atomic E-state index is -0.174. The number of anilines is 1. The molecule has 0 saturated heterocycles. The minimum Gasteiger partial charge on any atom is -0.347 e. The number of carbonyl (C=O) groups is 2. The Morgan fingerprint density at radius 1 is 1.25 bits per heavy atom. The molecule has 0 spiro atoms. The topological polar surface area (TPSA) is 58.2 Å². The SMILES string of the molecule is CC(=O)Nc1ccc(C(=O)NCc2cccc(Cl)c2)s1. The van der Waals surface area contributed by atoms with E-state index in [9.17, 15) is 9.59 Å². The van der Waals surface area contributed by atoms with Gasteiger partial charge < -0.3 is 10.6 Å². The predicted octanol–water partition coefficient (Wildman–Crippen LogP) is 3.29. The standard InChI is InChI=1S/C14H13ClN2O2S/c1-9(18)17-13-6-5-12(20-13)14(19)16-8-10-3-2-4-11(15)7-10/h2-7H,8H2,1H3,(H,16,19)(H,17,18). The van der Waals surface area contributed by atoms with E-state index in [2.05, 4.69) is 10.6 Å². The Morgan fingerprint density at radius 3 is 2.75 bits per heavy atom. The van der Waals surface area contributed by atoms with Crippen LogP contribution in [0.2, 0.25) is 5.02 Å². The van der Waals surface area contributed by atoms with Crippen molar-refractivity contribution in [2.75, 3.05) is 5.32 Å². The van der Waals surface area contributed by atoms with Gasteiger partial charge >= 0.3 is 0 Å². The van der Waals surface area contributed by atoms with Gasteiger partial charge in [0.2, 0.25) is 5.91 Å². The molecule has 0 bridgehead atoms. The molecule has 0 unspecified atom stereocenters. The van der Waals surface area contributed by atoms with Crippen molar-refractivity contribution in [2.24, 2.45) is 0 Å². The summed E-state index contributed by atoms with van der Waals surface area (Å²) in [6, 6.07) is 10.7. The van der Waals surface area contributed by atoms with Gasteiger partial charge in [-0.1, -0.05) is 23.7 Å². The van der Waals surface area contributed by atoms with Gasteiger partial charge in [0.15, 0.2) is 0 Å². The second-order valence-corrected chi connectivity index (χ2v) is 5.68. The molecule has 0 aliphatic carbocycles. The van der Waals surface area contributed by atoms with Gasteiger partial charge in [0.05, 0.1) is 9.88 Å². The summed E-state index contributed by atoms with van der Waals surface area (Å²) >= 11 is 7.12. The zero-order valence-electron chi connectivity index (χ0n) is 10.8. The largest absolute Gasteiger partial charge is 0.347 e. The summed E-state index contributed by atoms with van der Waals surface area (Å²) in [6.07, 6.45) is 0. The Morgan fingerprint density at radius 2 is 2.05 bits per heavy atom. The average molecular weight is 309 g/mol. The minimum absolute atomic E-state index is 0.155. The molecule has 0 aliphatic heterocycles. The Bertz CT molecular complexity index is 640. The maximum Gasteiger partial charge on any atom is 0.261 e. The first-order chi connectivity index (χ1) is 9.54. The molecule has 104 valence electrons. The lowest BCUT2D eigenvalue weighted by molar-refractivity contribution is -0.114. The lowest BCUT2D eigenvalue weighted by Crippen LogP contribution is -2.21. The van der Waals surface area contributed by atoms with E-state index in [1.807, 2.05) is 12.1 Å². The normalized spacial score (nSPS) is 10.1. The number of halogens is 1. The van der Waals surface area contributed by atoms with E-state index in [0.29, 0.717) is 21.4 Å². The summed E-state index contributed by atoms with van der Waals surface area (Å²) in [4.78, 5) is 23.4. The Hall–Kier alpha value is -1.85. The van der Waals surface area contributed by atoms with Crippen molar-refractivity contribution in [1.82, 2.24) is 5.32 Å². The van der Waals surface area contributed by atoms with Gasteiger partial charge in [-0.05, 0) is 29.8 Å². The molecule has 1 aromatic carbocycles. The van der Waals surface area contributed by atoms with Crippen LogP contribution in [0.3, 0.4) is 0 Å². The van der Waals surface area contributed by atoms with Crippen molar-refractivity contribution < 1.29 is 9.59 Å². The summed E-state index contributed by atoms with van der Waals surface area (Å²) in [5, 5.41) is 6.75. The van der Waals surface area contributed by atoms with Crippen molar-refractivity contribution in [2.45, 2.75) is 13.5 Å². The maximum atomic E-state index is 12.0. The average Bonchev–Trinajstić information content (AvgIpc) is 2.84. The lowest BCUT2D eigenvalue weighted by Gasteiger charge is -2.04. The highest BCUT2D eigenvalue weighted by Crippen LogP contribution is 2.21. The molecule has 0 fully saturated rings. The van der Waals surface area contributed by atoms with Crippen LogP contribution >= 0.6 is 22.9 Å². The van der Waals surface area contributed by atoms with Gasteiger partial charge in [-0.2, -0.15) is 0 Å². The van der Waals surface area contributed by atoms with Crippen molar-refractivity contribution in [3.8, 4) is 0 Å². The van der Waals surface area contributed by atoms with Gasteiger partial charge in [0.1, 0.15) is 0 Å². The molecule has 20 heavy (non-hydrogen) atoms. The van der Waals surface area contributed by atoms with Crippen LogP contribution in [0.15, 0.2) is 36.4 Å². The third kappa shape index (κ3) is 4.08. The zero-order chi connectivity index (χ0) is 14.5. The second-order valence-electron chi connectivity index (χ2n) is 4.16. The molecule has 0 saturated carbocycles. The Kier molecular flexibility index (Phi) is 4.76. The highest BCUT2D eigenvalue weighted by Gasteiger charge is 2.09. The molecule has 0 radical (unpaired) electrons. The Labute approximate surface area is 125 Å². The fourth-order valence-electron chi connectivity index (χ4n) is 1.62. The van der Waals surface area contributed by atoms with Gasteiger partial charge in [-0.25, -0.2) is 0 Å². The second kappa shape index (κ2) is 6.54. The van der Waals surface area contributed by atoms with Gasteiger partial charge in [0, 0.05) is 18.5 Å². The van der Waals surface area contributed by atoms with E-state index in [-0.39, 0.29) is 11.8 Å². The summed E-state index contributed by atoms with van der Waals surface area (Å²) in [7, 11) is 0. The monoisotopic (exact) mass is 308 g/mol. The smallest absolute Gasteiger partial charge is 0.261 e. The first-order valence-corrected chi connectivity index (χ1v) is 7.14. The number of thiophene rings is 1. The number of carbonyl (C=O) groups excluding carboxylic acids is 2. The van der Waals surface area contributed by atoms with Crippen LogP contribution in [0, 0.1) is 0 Å². The molecule has 2 aromatic rings. The first kappa shape index (κ1) is 14.6. The fraction of sp³-hybridized carbons (Fsp3) is 0.143. The summed E-state index contributed by atoms with van der Waals surface area (Å²) in [5.74, 6) is -0.329. The number of nitrogens with one attached hydrogen (secondary N) is 2. The highest BCUT2D eigenvalue weighted by atomic mass is 35.5. The van der Waals surface area contributed by atoms with E-state index in [0.717, 1.165) is 5.56 Å². The van der Waals surface area contributed by atoms with E-state index in [1.54, 1.807) is 24.3 Å². The molecule has 1 heterocycles. The summed E-state index contributed by atoms with van der Waals surface area (Å²) in [5.41, 5.74) is 0.935. The molecule has 2 N–H and O–H groups in total. The first-order valence-electron chi connectivity index (χ1n) is 5.94. The molecular formula is C14H13ClN2O2S. The van der Waals surface area contributed by atoms with Gasteiger partial charge in [-0.3, -0.25) is 9.59 Å². The quantitative estimate of drug-likeness (QED) is 0.910. The number of hydrogen-bond donors (Lipinski definition) is 2. The number of benzene rings is 1. The summed E-state index contributed by atoms with van der Waals surface area (Å²) < 4.78 is 0. The van der Waals surface area contributed by atoms with Crippen molar-refractivity contribution in [3.05, 3.63) is 51.9 Å². The van der Waals surface area contributed by atoms with Gasteiger partial charge in [-0.15, -0.1) is 11.3 Å². The number of hydrogen-bond acceptors (Lipinski definition) is 3. The predicted molar refractivity (Wildman–Crippen MR) is 81.2 cm³/mol. The van der Waals surface area contributed by atoms with Crippen LogP contribution < -0.4 is 10.6 Å². The molecule has 6 heteroatoms. The maximum absolute atomic E-state index is 12.0. The fourth-order valence-corrected chi connectivity index (χ4v) is 2.70. The van der Waals surface area contributed by atoms with Crippen LogP contribution in [0.4, 0.5) is 5.00 Å². The molecule has 0 aliphatic rings. The molecule has 2 rings (SSSR count). The van der Waals surface area contributed by atoms with E-state index in [4.69, 9.17) is 11.6 Å². The van der Waals surface area contributed by atoms with Crippen LogP contribution in [0.25, 0.3) is 0 Å². The van der Waals surface area contributed by atoms with Crippen LogP contribution in [-0.4, -0.2) is 11.8 Å². The van der Waals surface area contributed by atoms with Crippen LogP contribution in [-0.2, 0) is 11.3 Å². The molecule has 0 atom stereocenters. The summed E-state index contributed by atoms with van der Waals surface area (Å²) in [6.45, 7) is 1.84. The van der Waals surface area contributed by atoms with Crippen LogP contribution in [0.5, 0.6) is 0 Å². The number of amides is 2. The van der Waals surface area contributed by atoms with E-state index >= 15 is 0 Å². The van der Waals surface area contributed by atoms with Crippen molar-refractivity contribution in [3.63, 3.8) is 0 Å². The van der Waals surface area contributed by atoms with E-state index < -0.39 is 0 Å². The molecule has 1 aromatic heterocycles. The highest BCUT2D eigenvalue weighted by molar-refractivity contribution is 7.18. The third-order valence-corrected chi connectivity index (χ3v) is 3.71. The van der Waals surface area contributed by atoms with Crippen LogP contribution in [0.1, 0.15) is 22.2 Å². The molecular weight excluding hydrogens is 296 g/mol. The van der Waals surface area contributed by atoms with Gasteiger partial charge in [0.25, 0.3) is 5.91 Å². The van der Waals surface area contributed by atoms with Crippen molar-refractivity contribution >= 4 is 39.8 Å².